The molecule has 0 fully saturated rings. The third kappa shape index (κ3) is 4.44. The van der Waals surface area contributed by atoms with Crippen LogP contribution in [-0.2, 0) is 0 Å². The predicted octanol–water partition coefficient (Wildman–Crippen LogP) is 3.96. The zero-order valence-electron chi connectivity index (χ0n) is 13.7. The maximum atomic E-state index is 13.1. The van der Waals surface area contributed by atoms with Crippen molar-refractivity contribution >= 4 is 22.5 Å². The molecule has 0 aliphatic rings. The van der Waals surface area contributed by atoms with Crippen molar-refractivity contribution in [1.82, 2.24) is 10.3 Å². The van der Waals surface area contributed by atoms with Gasteiger partial charge in [0, 0.05) is 29.2 Å². The Morgan fingerprint density at radius 3 is 2.92 bits per heavy atom. The third-order valence-corrected chi connectivity index (χ3v) is 3.60. The zero-order valence-corrected chi connectivity index (χ0v) is 13.7. The molecule has 1 heterocycles. The van der Waals surface area contributed by atoms with Gasteiger partial charge in [0.15, 0.2) is 0 Å². The van der Waals surface area contributed by atoms with Gasteiger partial charge in [-0.3, -0.25) is 4.98 Å². The second-order valence-corrected chi connectivity index (χ2v) is 5.67. The summed E-state index contributed by atoms with van der Waals surface area (Å²) in [5.41, 5.74) is 0.704. The first kappa shape index (κ1) is 16.7. The Labute approximate surface area is 144 Å². The number of nitrogens with one attached hydrogen (secondary N) is 2. The number of hydrogen-bond acceptors (Lipinski definition) is 3. The van der Waals surface area contributed by atoms with E-state index in [0.717, 1.165) is 10.8 Å². The van der Waals surface area contributed by atoms with Gasteiger partial charge in [-0.05, 0) is 31.2 Å². The molecule has 6 heteroatoms. The van der Waals surface area contributed by atoms with Gasteiger partial charge < -0.3 is 15.4 Å². The first-order valence-corrected chi connectivity index (χ1v) is 7.90. The van der Waals surface area contributed by atoms with Crippen LogP contribution in [0, 0.1) is 5.82 Å². The number of ether oxygens (including phenoxy) is 1. The highest BCUT2D eigenvalue weighted by Crippen LogP contribution is 2.22. The Balaban J connectivity index is 1.56. The van der Waals surface area contributed by atoms with Gasteiger partial charge in [0.1, 0.15) is 18.2 Å². The molecule has 0 saturated heterocycles. The molecule has 2 amide bonds. The average Bonchev–Trinajstić information content (AvgIpc) is 2.60. The molecule has 1 aromatic heterocycles. The van der Waals surface area contributed by atoms with Gasteiger partial charge >= 0.3 is 6.03 Å². The Morgan fingerprint density at radius 2 is 2.08 bits per heavy atom. The number of urea groups is 1. The maximum Gasteiger partial charge on any atom is 0.319 e. The van der Waals surface area contributed by atoms with Crippen molar-refractivity contribution in [1.29, 1.82) is 0 Å². The van der Waals surface area contributed by atoms with Crippen LogP contribution in [0.1, 0.15) is 6.92 Å². The normalized spacial score (nSPS) is 11.8. The molecule has 128 valence electrons. The van der Waals surface area contributed by atoms with Crippen LogP contribution in [-0.4, -0.2) is 23.7 Å². The van der Waals surface area contributed by atoms with E-state index in [9.17, 15) is 9.18 Å². The number of benzene rings is 2. The number of halogens is 1. The summed E-state index contributed by atoms with van der Waals surface area (Å²) in [5, 5.41) is 7.48. The van der Waals surface area contributed by atoms with E-state index >= 15 is 0 Å². The van der Waals surface area contributed by atoms with Gasteiger partial charge in [-0.1, -0.05) is 18.2 Å². The third-order valence-electron chi connectivity index (χ3n) is 3.60. The highest BCUT2D eigenvalue weighted by atomic mass is 19.1. The molecular formula is C19H18FN3O2. The molecule has 0 saturated carbocycles. The number of carbonyl (C=O) groups is 1. The van der Waals surface area contributed by atoms with Crippen LogP contribution in [0.25, 0.3) is 10.8 Å². The minimum atomic E-state index is -0.360. The van der Waals surface area contributed by atoms with E-state index < -0.39 is 0 Å². The van der Waals surface area contributed by atoms with Crippen LogP contribution >= 0.6 is 0 Å². The molecule has 0 spiro atoms. The number of anilines is 1. The lowest BCUT2D eigenvalue weighted by atomic mass is 10.1. The molecule has 3 rings (SSSR count). The Morgan fingerprint density at radius 1 is 1.24 bits per heavy atom. The predicted molar refractivity (Wildman–Crippen MR) is 95.3 cm³/mol. The molecule has 0 unspecified atom stereocenters. The van der Waals surface area contributed by atoms with Crippen molar-refractivity contribution in [2.75, 3.05) is 11.9 Å². The van der Waals surface area contributed by atoms with Crippen molar-refractivity contribution in [3.05, 3.63) is 66.7 Å². The number of amides is 2. The molecule has 25 heavy (non-hydrogen) atoms. The number of nitrogens with zero attached hydrogens (tertiary/aromatic N) is 1. The number of pyridine rings is 1. The van der Waals surface area contributed by atoms with Gasteiger partial charge in [-0.15, -0.1) is 0 Å². The largest absolute Gasteiger partial charge is 0.491 e. The van der Waals surface area contributed by atoms with Crippen LogP contribution in [0.4, 0.5) is 14.9 Å². The fourth-order valence-electron chi connectivity index (χ4n) is 2.43. The van der Waals surface area contributed by atoms with Gasteiger partial charge in [-0.2, -0.15) is 0 Å². The number of aromatic nitrogens is 1. The van der Waals surface area contributed by atoms with Crippen LogP contribution in [0.2, 0.25) is 0 Å². The quantitative estimate of drug-likeness (QED) is 0.739. The summed E-state index contributed by atoms with van der Waals surface area (Å²) in [7, 11) is 0. The molecule has 0 bridgehead atoms. The lowest BCUT2D eigenvalue weighted by molar-refractivity contribution is 0.236. The van der Waals surface area contributed by atoms with Crippen molar-refractivity contribution in [3.63, 3.8) is 0 Å². The summed E-state index contributed by atoms with van der Waals surface area (Å²) in [6.45, 7) is 2.04. The second-order valence-electron chi connectivity index (χ2n) is 5.67. The number of carbonyl (C=O) groups excluding carboxylic acids is 1. The monoisotopic (exact) mass is 339 g/mol. The SMILES string of the molecule is C[C@@H](COc1cccc(F)c1)NC(=O)Nc1cccc2cnccc12. The molecule has 0 aliphatic carbocycles. The Bertz CT molecular complexity index is 880. The number of hydrogen-bond donors (Lipinski definition) is 2. The van der Waals surface area contributed by atoms with Crippen molar-refractivity contribution in [2.24, 2.45) is 0 Å². The molecule has 5 nitrogen and oxygen atoms in total. The zero-order chi connectivity index (χ0) is 17.6. The van der Waals surface area contributed by atoms with Crippen molar-refractivity contribution in [2.45, 2.75) is 13.0 Å². The topological polar surface area (TPSA) is 63.2 Å². The first-order chi connectivity index (χ1) is 12.1. The van der Waals surface area contributed by atoms with E-state index in [-0.39, 0.29) is 24.5 Å². The highest BCUT2D eigenvalue weighted by Gasteiger charge is 2.10. The lowest BCUT2D eigenvalue weighted by Gasteiger charge is -2.16. The van der Waals surface area contributed by atoms with Crippen LogP contribution < -0.4 is 15.4 Å². The Kier molecular flexibility index (Phi) is 5.09. The lowest BCUT2D eigenvalue weighted by Crippen LogP contribution is -2.39. The minimum absolute atomic E-state index is 0.232. The molecule has 0 radical (unpaired) electrons. The summed E-state index contributed by atoms with van der Waals surface area (Å²) < 4.78 is 18.6. The van der Waals surface area contributed by atoms with Gasteiger partial charge in [0.05, 0.1) is 11.7 Å². The van der Waals surface area contributed by atoms with Gasteiger partial charge in [0.2, 0.25) is 0 Å². The van der Waals surface area contributed by atoms with E-state index in [1.165, 1.54) is 12.1 Å². The number of rotatable bonds is 5. The van der Waals surface area contributed by atoms with E-state index in [1.54, 1.807) is 24.5 Å². The molecular weight excluding hydrogens is 321 g/mol. The molecule has 2 aromatic carbocycles. The Hall–Kier alpha value is -3.15. The van der Waals surface area contributed by atoms with Crippen LogP contribution in [0.15, 0.2) is 60.9 Å². The van der Waals surface area contributed by atoms with Crippen molar-refractivity contribution < 1.29 is 13.9 Å². The first-order valence-electron chi connectivity index (χ1n) is 7.90. The molecule has 3 aromatic rings. The van der Waals surface area contributed by atoms with Gasteiger partial charge in [0.25, 0.3) is 0 Å². The summed E-state index contributed by atoms with van der Waals surface area (Å²) in [6.07, 6.45) is 3.43. The highest BCUT2D eigenvalue weighted by molar-refractivity contribution is 6.01. The second kappa shape index (κ2) is 7.61. The van der Waals surface area contributed by atoms with E-state index in [1.807, 2.05) is 31.2 Å². The molecule has 1 atom stereocenters. The standard InChI is InChI=1S/C19H18FN3O2/c1-13(12-25-16-6-3-5-15(20)10-16)22-19(24)23-18-7-2-4-14-11-21-9-8-17(14)18/h2-11,13H,12H2,1H3,(H2,22,23,24)/t13-/m0/s1. The van der Waals surface area contributed by atoms with E-state index in [2.05, 4.69) is 15.6 Å². The van der Waals surface area contributed by atoms with Crippen LogP contribution in [0.5, 0.6) is 5.75 Å². The molecule has 0 aliphatic heterocycles. The van der Waals surface area contributed by atoms with Gasteiger partial charge in [-0.25, -0.2) is 9.18 Å². The fraction of sp³-hybridized carbons (Fsp3) is 0.158. The summed E-state index contributed by atoms with van der Waals surface area (Å²) in [6, 6.07) is 12.8. The minimum Gasteiger partial charge on any atom is -0.491 e. The van der Waals surface area contributed by atoms with E-state index in [4.69, 9.17) is 4.74 Å². The maximum absolute atomic E-state index is 13.1. The van der Waals surface area contributed by atoms with Crippen molar-refractivity contribution in [3.8, 4) is 5.75 Å². The summed E-state index contributed by atoms with van der Waals surface area (Å²) in [5.74, 6) is 0.0666. The smallest absolute Gasteiger partial charge is 0.319 e. The molecule has 2 N–H and O–H groups in total. The fourth-order valence-corrected chi connectivity index (χ4v) is 2.43. The average molecular weight is 339 g/mol. The van der Waals surface area contributed by atoms with E-state index in [0.29, 0.717) is 11.4 Å². The summed E-state index contributed by atoms with van der Waals surface area (Å²) in [4.78, 5) is 16.2. The summed E-state index contributed by atoms with van der Waals surface area (Å²) >= 11 is 0. The number of fused-ring (bicyclic) bond motifs is 1. The van der Waals surface area contributed by atoms with Crippen LogP contribution in [0.3, 0.4) is 0 Å².